The van der Waals surface area contributed by atoms with Gasteiger partial charge in [-0.3, -0.25) is 9.59 Å². The molecule has 2 aromatic rings. The maximum Gasteiger partial charge on any atom is 0.407 e. The summed E-state index contributed by atoms with van der Waals surface area (Å²) in [6.45, 7) is 7.27. The first-order valence-electron chi connectivity index (χ1n) is 16.0. The van der Waals surface area contributed by atoms with Gasteiger partial charge in [0, 0.05) is 12.3 Å². The zero-order valence-electron chi connectivity index (χ0n) is 26.3. The number of amides is 3. The quantitative estimate of drug-likeness (QED) is 0.114. The normalized spacial score (nSPS) is 15.8. The Balaban J connectivity index is 1.24. The van der Waals surface area contributed by atoms with Crippen molar-refractivity contribution in [2.24, 2.45) is 5.92 Å². The average molecular weight is 632 g/mol. The number of aliphatic hydroxyl groups excluding tert-OH is 1. The van der Waals surface area contributed by atoms with E-state index in [0.717, 1.165) is 35.1 Å². The minimum Gasteiger partial charge on any atom is -0.462 e. The summed E-state index contributed by atoms with van der Waals surface area (Å²) in [6.07, 6.45) is 6.76. The van der Waals surface area contributed by atoms with Crippen LogP contribution in [-0.2, 0) is 23.9 Å². The van der Waals surface area contributed by atoms with Crippen molar-refractivity contribution in [3.63, 3.8) is 0 Å². The van der Waals surface area contributed by atoms with E-state index in [1.165, 1.54) is 0 Å². The second-order valence-corrected chi connectivity index (χ2v) is 12.0. The Morgan fingerprint density at radius 1 is 0.957 bits per heavy atom. The molecule has 46 heavy (non-hydrogen) atoms. The summed E-state index contributed by atoms with van der Waals surface area (Å²) >= 11 is 0. The van der Waals surface area contributed by atoms with Crippen LogP contribution in [0.2, 0.25) is 0 Å². The van der Waals surface area contributed by atoms with Gasteiger partial charge in [-0.15, -0.1) is 13.2 Å². The van der Waals surface area contributed by atoms with Gasteiger partial charge in [-0.2, -0.15) is 0 Å². The summed E-state index contributed by atoms with van der Waals surface area (Å²) in [6, 6.07) is 15.1. The predicted octanol–water partition coefficient (Wildman–Crippen LogP) is 4.52. The number of alkyl carbamates (subject to hydrolysis) is 1. The van der Waals surface area contributed by atoms with Gasteiger partial charge >= 0.3 is 12.1 Å². The lowest BCUT2D eigenvalue weighted by Gasteiger charge is -2.28. The van der Waals surface area contributed by atoms with Gasteiger partial charge < -0.3 is 30.5 Å². The highest BCUT2D eigenvalue weighted by Crippen LogP contribution is 2.44. The van der Waals surface area contributed by atoms with Crippen molar-refractivity contribution in [1.29, 1.82) is 0 Å². The molecular formula is C36H45N3O7. The van der Waals surface area contributed by atoms with E-state index in [1.807, 2.05) is 36.4 Å². The number of rotatable bonds is 17. The molecule has 0 aromatic heterocycles. The van der Waals surface area contributed by atoms with Gasteiger partial charge in [-0.05, 0) is 54.4 Å². The summed E-state index contributed by atoms with van der Waals surface area (Å²) < 4.78 is 11.0. The first kappa shape index (κ1) is 34.4. The van der Waals surface area contributed by atoms with Gasteiger partial charge in [0.25, 0.3) is 0 Å². The van der Waals surface area contributed by atoms with Crippen LogP contribution in [0.4, 0.5) is 4.79 Å². The molecule has 0 bridgehead atoms. The first-order chi connectivity index (χ1) is 22.3. The lowest BCUT2D eigenvalue weighted by molar-refractivity contribution is -0.146. The number of fused-ring (bicyclic) bond motifs is 3. The fraction of sp³-hybridized carbons (Fsp3) is 0.444. The van der Waals surface area contributed by atoms with Crippen LogP contribution < -0.4 is 16.0 Å². The molecule has 2 aromatic carbocycles. The lowest BCUT2D eigenvalue weighted by atomic mass is 9.96. The van der Waals surface area contributed by atoms with E-state index in [-0.39, 0.29) is 56.9 Å². The van der Waals surface area contributed by atoms with Crippen molar-refractivity contribution in [1.82, 2.24) is 16.0 Å². The van der Waals surface area contributed by atoms with Crippen LogP contribution in [0, 0.1) is 5.92 Å². The Morgan fingerprint density at radius 2 is 1.61 bits per heavy atom. The highest BCUT2D eigenvalue weighted by Gasteiger charge is 2.35. The number of allylic oxidation sites excluding steroid dienone is 2. The number of aliphatic hydroxyl groups is 1. The smallest absolute Gasteiger partial charge is 0.407 e. The highest BCUT2D eigenvalue weighted by atomic mass is 16.6. The number of nitrogens with one attached hydrogen (secondary N) is 3. The molecule has 4 rings (SSSR count). The topological polar surface area (TPSA) is 143 Å². The monoisotopic (exact) mass is 631 g/mol. The van der Waals surface area contributed by atoms with Crippen LogP contribution in [0.3, 0.4) is 0 Å². The van der Waals surface area contributed by atoms with Crippen LogP contribution in [0.1, 0.15) is 68.4 Å². The zero-order valence-corrected chi connectivity index (χ0v) is 26.3. The number of esters is 1. The fourth-order valence-corrected chi connectivity index (χ4v) is 6.32. The molecule has 10 nitrogen and oxygen atoms in total. The van der Waals surface area contributed by atoms with E-state index in [0.29, 0.717) is 25.7 Å². The van der Waals surface area contributed by atoms with E-state index < -0.39 is 29.6 Å². The number of benzene rings is 2. The standard InChI is InChI=1S/C36H45N3O7/c1-3-5-17-31(38-35(44)46-23-30-28-15-8-6-13-26(28)27-14-7-9-16-29(27)30)34(43)45-21-20-37-33(42)25(12-4-2)22-32(41)39-36(24-40)18-10-11-19-36/h3-4,6-9,13-16,25,30-31,40H,1-2,5,10-12,17-24H2,(H,37,42)(H,38,44)(H,39,41)/t25-,31+/m1/s1. The number of ether oxygens (including phenoxy) is 2. The molecule has 4 N–H and O–H groups in total. The fourth-order valence-electron chi connectivity index (χ4n) is 6.32. The maximum absolute atomic E-state index is 12.9. The first-order valence-corrected chi connectivity index (χ1v) is 16.0. The third kappa shape index (κ3) is 8.84. The summed E-state index contributed by atoms with van der Waals surface area (Å²) in [4.78, 5) is 51.2. The Bertz CT molecular complexity index is 1360. The van der Waals surface area contributed by atoms with Crippen LogP contribution >= 0.6 is 0 Å². The molecule has 2 atom stereocenters. The summed E-state index contributed by atoms with van der Waals surface area (Å²) in [7, 11) is 0. The molecule has 0 radical (unpaired) electrons. The molecule has 1 saturated carbocycles. The minimum atomic E-state index is -0.962. The van der Waals surface area contributed by atoms with Crippen molar-refractivity contribution < 1.29 is 33.8 Å². The van der Waals surface area contributed by atoms with Crippen molar-refractivity contribution in [3.05, 3.63) is 85.0 Å². The summed E-state index contributed by atoms with van der Waals surface area (Å²) in [5.41, 5.74) is 3.78. The van der Waals surface area contributed by atoms with Crippen LogP contribution in [0.15, 0.2) is 73.8 Å². The van der Waals surface area contributed by atoms with Crippen molar-refractivity contribution >= 4 is 23.9 Å². The van der Waals surface area contributed by atoms with E-state index in [2.05, 4.69) is 41.2 Å². The Kier molecular flexibility index (Phi) is 12.5. The van der Waals surface area contributed by atoms with Gasteiger partial charge in [-0.25, -0.2) is 9.59 Å². The molecule has 0 aliphatic heterocycles. The molecule has 0 unspecified atom stereocenters. The Labute approximate surface area is 270 Å². The second-order valence-electron chi connectivity index (χ2n) is 12.0. The molecule has 0 saturated heterocycles. The number of carbonyl (C=O) groups excluding carboxylic acids is 4. The summed E-state index contributed by atoms with van der Waals surface area (Å²) in [5, 5.41) is 18.0. The van der Waals surface area contributed by atoms with Crippen molar-refractivity contribution in [3.8, 4) is 11.1 Å². The highest BCUT2D eigenvalue weighted by molar-refractivity contribution is 5.86. The van der Waals surface area contributed by atoms with E-state index in [9.17, 15) is 24.3 Å². The van der Waals surface area contributed by atoms with Crippen molar-refractivity contribution in [2.75, 3.05) is 26.4 Å². The molecule has 0 heterocycles. The number of hydrogen-bond acceptors (Lipinski definition) is 7. The van der Waals surface area contributed by atoms with Gasteiger partial charge in [0.2, 0.25) is 11.8 Å². The molecule has 2 aliphatic rings. The van der Waals surface area contributed by atoms with Crippen molar-refractivity contribution in [2.45, 2.75) is 68.9 Å². The number of carbonyl (C=O) groups is 4. The second kappa shape index (κ2) is 16.7. The van der Waals surface area contributed by atoms with Crippen LogP contribution in [-0.4, -0.2) is 66.9 Å². The molecule has 10 heteroatoms. The SMILES string of the molecule is C=CCC[C@H](NC(=O)OCC1c2ccccc2-c2ccccc21)C(=O)OCCNC(=O)[C@H](CC=C)CC(=O)NC1(CO)CCCC1. The maximum atomic E-state index is 12.9. The van der Waals surface area contributed by atoms with Crippen LogP contribution in [0.25, 0.3) is 11.1 Å². The zero-order chi connectivity index (χ0) is 32.9. The summed E-state index contributed by atoms with van der Waals surface area (Å²) in [5.74, 6) is -2.09. The molecule has 246 valence electrons. The lowest BCUT2D eigenvalue weighted by Crippen LogP contribution is -2.50. The Hall–Kier alpha value is -4.44. The van der Waals surface area contributed by atoms with Gasteiger partial charge in [0.05, 0.1) is 24.6 Å². The predicted molar refractivity (Wildman–Crippen MR) is 175 cm³/mol. The van der Waals surface area contributed by atoms with Gasteiger partial charge in [0.15, 0.2) is 0 Å². The van der Waals surface area contributed by atoms with Gasteiger partial charge in [0.1, 0.15) is 19.3 Å². The minimum absolute atomic E-state index is 0.0273. The van der Waals surface area contributed by atoms with Crippen LogP contribution in [0.5, 0.6) is 0 Å². The largest absolute Gasteiger partial charge is 0.462 e. The average Bonchev–Trinajstić information content (AvgIpc) is 3.66. The Morgan fingerprint density at radius 3 is 2.22 bits per heavy atom. The molecule has 3 amide bonds. The number of hydrogen-bond donors (Lipinski definition) is 4. The third-order valence-electron chi connectivity index (χ3n) is 8.75. The molecule has 1 fully saturated rings. The van der Waals surface area contributed by atoms with E-state index >= 15 is 0 Å². The molecule has 0 spiro atoms. The molecular weight excluding hydrogens is 586 g/mol. The van der Waals surface area contributed by atoms with Gasteiger partial charge in [-0.1, -0.05) is 73.5 Å². The van der Waals surface area contributed by atoms with E-state index in [4.69, 9.17) is 9.47 Å². The van der Waals surface area contributed by atoms with E-state index in [1.54, 1.807) is 12.2 Å². The third-order valence-corrected chi connectivity index (χ3v) is 8.75. The molecule has 2 aliphatic carbocycles.